The maximum atomic E-state index is 13.5. The number of H-pyrrole nitrogens is 1. The first-order valence-corrected chi connectivity index (χ1v) is 12.4. The van der Waals surface area contributed by atoms with E-state index < -0.39 is 29.5 Å². The van der Waals surface area contributed by atoms with Crippen molar-refractivity contribution in [2.45, 2.75) is 19.7 Å². The number of anilines is 1. The SMILES string of the molecule is CCOC(=O)c1nn(-c2ccc(OC(F)(F)F)cc2)c(=O)c2c(NC(=O)Cc3c[nH]c4ccccc34)scc12. The second-order valence-corrected chi connectivity index (χ2v) is 9.15. The number of carbonyl (C=O) groups excluding carboxylic acids is 2. The zero-order chi connectivity index (χ0) is 27.7. The van der Waals surface area contributed by atoms with Gasteiger partial charge in [0, 0.05) is 27.9 Å². The molecule has 39 heavy (non-hydrogen) atoms. The summed E-state index contributed by atoms with van der Waals surface area (Å²) in [5, 5.41) is 9.68. The molecule has 3 heterocycles. The Morgan fingerprint density at radius 1 is 1.10 bits per heavy atom. The molecule has 2 aromatic carbocycles. The number of fused-ring (bicyclic) bond motifs is 2. The number of para-hydroxylation sites is 1. The lowest BCUT2D eigenvalue weighted by Crippen LogP contribution is -2.26. The van der Waals surface area contributed by atoms with Crippen molar-refractivity contribution in [3.8, 4) is 11.4 Å². The minimum Gasteiger partial charge on any atom is -0.461 e. The lowest BCUT2D eigenvalue weighted by Gasteiger charge is -2.11. The maximum Gasteiger partial charge on any atom is 0.573 e. The maximum absolute atomic E-state index is 13.5. The first-order chi connectivity index (χ1) is 18.6. The van der Waals surface area contributed by atoms with Crippen molar-refractivity contribution in [1.29, 1.82) is 0 Å². The molecule has 0 saturated heterocycles. The molecule has 0 aliphatic rings. The molecule has 0 saturated carbocycles. The van der Waals surface area contributed by atoms with Gasteiger partial charge in [0.1, 0.15) is 10.8 Å². The number of esters is 1. The number of rotatable bonds is 7. The molecule has 9 nitrogen and oxygen atoms in total. The fraction of sp³-hybridized carbons (Fsp3) is 0.154. The molecule has 3 aromatic heterocycles. The van der Waals surface area contributed by atoms with Crippen LogP contribution >= 0.6 is 11.3 Å². The second kappa shape index (κ2) is 10.3. The van der Waals surface area contributed by atoms with Gasteiger partial charge in [0.05, 0.1) is 24.1 Å². The molecule has 0 aliphatic heterocycles. The largest absolute Gasteiger partial charge is 0.573 e. The first-order valence-electron chi connectivity index (χ1n) is 11.6. The van der Waals surface area contributed by atoms with Gasteiger partial charge >= 0.3 is 12.3 Å². The number of thiophene rings is 1. The molecule has 0 unspecified atom stereocenters. The third kappa shape index (κ3) is 5.34. The Bertz CT molecular complexity index is 1760. The van der Waals surface area contributed by atoms with Crippen LogP contribution in [0, 0.1) is 0 Å². The number of aromatic nitrogens is 3. The lowest BCUT2D eigenvalue weighted by atomic mass is 10.1. The Morgan fingerprint density at radius 2 is 1.85 bits per heavy atom. The number of nitrogens with one attached hydrogen (secondary N) is 2. The van der Waals surface area contributed by atoms with Crippen molar-refractivity contribution in [1.82, 2.24) is 14.8 Å². The van der Waals surface area contributed by atoms with Crippen LogP contribution in [0.3, 0.4) is 0 Å². The first kappa shape index (κ1) is 26.0. The Balaban J connectivity index is 1.53. The third-order valence-electron chi connectivity index (χ3n) is 5.71. The molecule has 5 rings (SSSR count). The minimum atomic E-state index is -4.89. The standard InChI is InChI=1S/C26H19F3N4O5S/c1-2-37-25(36)22-18-13-39-23(31-20(34)11-14-12-30-19-6-4-3-5-17(14)19)21(18)24(35)33(32-22)15-7-9-16(10-8-15)38-26(27,28)29/h3-10,12-13,30H,2,11H2,1H3,(H,31,34). The van der Waals surface area contributed by atoms with Gasteiger partial charge < -0.3 is 19.8 Å². The van der Waals surface area contributed by atoms with Gasteiger partial charge in [-0.05, 0) is 42.8 Å². The fourth-order valence-corrected chi connectivity index (χ4v) is 5.03. The van der Waals surface area contributed by atoms with Gasteiger partial charge in [0.15, 0.2) is 5.69 Å². The molecule has 0 bridgehead atoms. The van der Waals surface area contributed by atoms with Gasteiger partial charge in [-0.3, -0.25) is 9.59 Å². The number of aromatic amines is 1. The average Bonchev–Trinajstić information content (AvgIpc) is 3.49. The molecular weight excluding hydrogens is 537 g/mol. The quantitative estimate of drug-likeness (QED) is 0.267. The van der Waals surface area contributed by atoms with Crippen LogP contribution in [0.25, 0.3) is 27.4 Å². The molecule has 0 spiro atoms. The van der Waals surface area contributed by atoms with Crippen molar-refractivity contribution in [2.75, 3.05) is 11.9 Å². The highest BCUT2D eigenvalue weighted by atomic mass is 32.1. The Kier molecular flexibility index (Phi) is 6.83. The van der Waals surface area contributed by atoms with Crippen molar-refractivity contribution in [2.24, 2.45) is 0 Å². The predicted molar refractivity (Wildman–Crippen MR) is 138 cm³/mol. The van der Waals surface area contributed by atoms with Gasteiger partial charge in [-0.15, -0.1) is 24.5 Å². The van der Waals surface area contributed by atoms with E-state index in [0.717, 1.165) is 44.6 Å². The zero-order valence-corrected chi connectivity index (χ0v) is 21.0. The van der Waals surface area contributed by atoms with Crippen molar-refractivity contribution >= 4 is 49.9 Å². The van der Waals surface area contributed by atoms with Crippen LogP contribution in [0.1, 0.15) is 23.0 Å². The molecular formula is C26H19F3N4O5S. The summed E-state index contributed by atoms with van der Waals surface area (Å²) in [6.07, 6.45) is -3.13. The summed E-state index contributed by atoms with van der Waals surface area (Å²) in [7, 11) is 0. The van der Waals surface area contributed by atoms with E-state index in [0.29, 0.717) is 0 Å². The third-order valence-corrected chi connectivity index (χ3v) is 6.61. The number of amides is 1. The van der Waals surface area contributed by atoms with E-state index in [9.17, 15) is 27.6 Å². The predicted octanol–water partition coefficient (Wildman–Crippen LogP) is 5.19. The van der Waals surface area contributed by atoms with E-state index in [-0.39, 0.29) is 40.2 Å². The molecule has 0 atom stereocenters. The highest BCUT2D eigenvalue weighted by Crippen LogP contribution is 2.31. The zero-order valence-electron chi connectivity index (χ0n) is 20.2. The number of ether oxygens (including phenoxy) is 2. The molecule has 1 amide bonds. The van der Waals surface area contributed by atoms with Crippen LogP contribution in [0.5, 0.6) is 5.75 Å². The molecule has 0 fully saturated rings. The number of halogens is 3. The summed E-state index contributed by atoms with van der Waals surface area (Å²) >= 11 is 1.04. The molecule has 5 aromatic rings. The Labute approximate surface area is 221 Å². The topological polar surface area (TPSA) is 115 Å². The van der Waals surface area contributed by atoms with Crippen LogP contribution in [0.2, 0.25) is 0 Å². The van der Waals surface area contributed by atoms with Crippen LogP contribution < -0.4 is 15.6 Å². The van der Waals surface area contributed by atoms with Crippen LogP contribution in [0.15, 0.2) is 64.9 Å². The fourth-order valence-electron chi connectivity index (χ4n) is 4.08. The summed E-state index contributed by atoms with van der Waals surface area (Å²) in [5.41, 5.74) is 0.837. The van der Waals surface area contributed by atoms with Gasteiger partial charge in [-0.25, -0.2) is 4.79 Å². The highest BCUT2D eigenvalue weighted by Gasteiger charge is 2.31. The average molecular weight is 557 g/mol. The van der Waals surface area contributed by atoms with E-state index in [2.05, 4.69) is 20.1 Å². The van der Waals surface area contributed by atoms with E-state index in [1.807, 2.05) is 24.3 Å². The molecule has 13 heteroatoms. The lowest BCUT2D eigenvalue weighted by molar-refractivity contribution is -0.274. The van der Waals surface area contributed by atoms with Gasteiger partial charge in [0.2, 0.25) is 5.91 Å². The molecule has 200 valence electrons. The van der Waals surface area contributed by atoms with Crippen molar-refractivity contribution in [3.63, 3.8) is 0 Å². The molecule has 0 aliphatic carbocycles. The van der Waals surface area contributed by atoms with E-state index >= 15 is 0 Å². The van der Waals surface area contributed by atoms with E-state index in [4.69, 9.17) is 4.74 Å². The summed E-state index contributed by atoms with van der Waals surface area (Å²) < 4.78 is 47.5. The van der Waals surface area contributed by atoms with Crippen LogP contribution in [-0.2, 0) is 16.0 Å². The Hall–Kier alpha value is -4.65. The molecule has 2 N–H and O–H groups in total. The van der Waals surface area contributed by atoms with E-state index in [1.54, 1.807) is 13.1 Å². The number of hydrogen-bond acceptors (Lipinski definition) is 7. The number of carbonyl (C=O) groups is 2. The minimum absolute atomic E-state index is 0.0148. The summed E-state index contributed by atoms with van der Waals surface area (Å²) in [4.78, 5) is 42.3. The van der Waals surface area contributed by atoms with Gasteiger partial charge in [0.25, 0.3) is 5.56 Å². The number of hydrogen-bond donors (Lipinski definition) is 2. The van der Waals surface area contributed by atoms with Crippen molar-refractivity contribution < 1.29 is 32.2 Å². The van der Waals surface area contributed by atoms with Crippen LogP contribution in [0.4, 0.5) is 18.2 Å². The van der Waals surface area contributed by atoms with Gasteiger partial charge in [-0.1, -0.05) is 18.2 Å². The van der Waals surface area contributed by atoms with Crippen molar-refractivity contribution in [3.05, 3.63) is 81.7 Å². The summed E-state index contributed by atoms with van der Waals surface area (Å²) in [6.45, 7) is 1.65. The van der Waals surface area contributed by atoms with Crippen LogP contribution in [-0.4, -0.2) is 39.6 Å². The monoisotopic (exact) mass is 556 g/mol. The summed E-state index contributed by atoms with van der Waals surface area (Å²) in [6, 6.07) is 11.9. The number of nitrogens with zero attached hydrogens (tertiary/aromatic N) is 2. The smallest absolute Gasteiger partial charge is 0.461 e. The van der Waals surface area contributed by atoms with Gasteiger partial charge in [-0.2, -0.15) is 9.78 Å². The Morgan fingerprint density at radius 3 is 2.56 bits per heavy atom. The number of benzene rings is 2. The second-order valence-electron chi connectivity index (χ2n) is 8.27. The normalized spacial score (nSPS) is 11.6. The summed E-state index contributed by atoms with van der Waals surface area (Å²) in [5.74, 6) is -1.69. The molecule has 0 radical (unpaired) electrons. The van der Waals surface area contributed by atoms with E-state index in [1.165, 1.54) is 17.5 Å². The highest BCUT2D eigenvalue weighted by molar-refractivity contribution is 7.16. The number of alkyl halides is 3.